The number of aromatic nitrogens is 6. The maximum atomic E-state index is 14.1. The largest absolute Gasteiger partial charge is 0.396 e. The van der Waals surface area contributed by atoms with Crippen LogP contribution in [0.4, 0.5) is 34.1 Å². The van der Waals surface area contributed by atoms with Gasteiger partial charge in [0.2, 0.25) is 38.8 Å². The van der Waals surface area contributed by atoms with Crippen molar-refractivity contribution in [3.63, 3.8) is 0 Å². The monoisotopic (exact) mass is 973 g/mol. The average molecular weight is 975 g/mol. The van der Waals surface area contributed by atoms with Crippen molar-refractivity contribution in [2.45, 2.75) is 14.7 Å². The number of benzene rings is 3. The first kappa shape index (κ1) is 44.9. The Balaban J connectivity index is 1.53. The van der Waals surface area contributed by atoms with Gasteiger partial charge in [0, 0.05) is 0 Å². The standard InChI is InChI=1S/C28H21Cl2N15O13S4/c29-23-36-25(32)40-27(38-23)34-10-1-3-14(59(47,48)49)12(7-10)42-44-20-16(61(53,54)55)5-9-6-17(62(56,57)58)21(22(46)18(9)19(20)31)45-43-13-8-11(2-4-15(13)60(50,51)52)35-28-39-24(30)37-26(33)41-28/h1-8,43H,31H2,(H,47,48,49)(H,50,51,52)(H,53,54,55)(H,56,57,58)(H3,32,34,36,38,40)(H3,33,35,37,39,41)/b44-42?,45-21+. The Morgan fingerprint density at radius 2 is 1.19 bits per heavy atom. The number of halogens is 2. The van der Waals surface area contributed by atoms with Crippen LogP contribution in [0.2, 0.25) is 10.6 Å². The molecule has 1 aliphatic carbocycles. The number of H-pyrrole nitrogens is 4. The molecule has 28 nitrogen and oxygen atoms in total. The molecule has 324 valence electrons. The van der Waals surface area contributed by atoms with Crippen LogP contribution in [0.3, 0.4) is 0 Å². The Labute approximate surface area is 353 Å². The molecule has 0 saturated heterocycles. The van der Waals surface area contributed by atoms with Crippen LogP contribution in [0.15, 0.2) is 87.4 Å². The van der Waals surface area contributed by atoms with Gasteiger partial charge >= 0.3 is 0 Å². The highest BCUT2D eigenvalue weighted by Crippen LogP contribution is 2.41. The topological polar surface area (TPSA) is 471 Å². The fourth-order valence-electron chi connectivity index (χ4n) is 5.25. The zero-order valence-corrected chi connectivity index (χ0v) is 34.5. The molecular formula is C28H21Cl2N15O13S4. The summed E-state index contributed by atoms with van der Waals surface area (Å²) in [6.45, 7) is 0. The van der Waals surface area contributed by atoms with Crippen LogP contribution >= 0.6 is 23.2 Å². The van der Waals surface area contributed by atoms with Crippen molar-refractivity contribution in [2.75, 3.05) is 11.2 Å². The van der Waals surface area contributed by atoms with E-state index in [1.807, 2.05) is 0 Å². The summed E-state index contributed by atoms with van der Waals surface area (Å²) in [5.41, 5.74) is 0.523. The van der Waals surface area contributed by atoms with Gasteiger partial charge in [-0.2, -0.15) is 48.7 Å². The second-order valence-electron chi connectivity index (χ2n) is 11.9. The summed E-state index contributed by atoms with van der Waals surface area (Å²) in [6, 6.07) is 5.99. The van der Waals surface area contributed by atoms with Crippen LogP contribution in [0.25, 0.3) is 6.08 Å². The molecule has 5 aromatic rings. The van der Waals surface area contributed by atoms with E-state index in [9.17, 15) is 56.7 Å². The zero-order chi connectivity index (χ0) is 45.7. The third-order valence-electron chi connectivity index (χ3n) is 7.68. The molecule has 6 rings (SSSR count). The first-order valence-electron chi connectivity index (χ1n) is 15.8. The van der Waals surface area contributed by atoms with Gasteiger partial charge in [0.1, 0.15) is 31.0 Å². The Bertz CT molecular complexity index is 3620. The zero-order valence-electron chi connectivity index (χ0n) is 29.7. The number of nitrogens with two attached hydrogens (primary N) is 1. The first-order valence-corrected chi connectivity index (χ1v) is 22.3. The molecule has 0 amide bonds. The number of carbonyl (C=O) groups excluding carboxylic acids is 1. The SMILES string of the molecule is N=c1nc(Cl)[nH]c(=Nc2ccc(S(=O)(=O)O)c(N=Nc3c(S(=O)(=O)O)cc4c(c3N)C(=O)/C(=N/Nc3cc(N=c5[nH]c(Cl)nc(=N)[nH]5)ccc3S(=O)(=O)O)C(S(=O)(=O)O)=C4)c2)[nH]1. The smallest absolute Gasteiger partial charge is 0.296 e. The number of rotatable bonds is 10. The van der Waals surface area contributed by atoms with Gasteiger partial charge in [-0.05, 0) is 77.3 Å². The molecule has 0 unspecified atom stereocenters. The van der Waals surface area contributed by atoms with Gasteiger partial charge in [-0.3, -0.25) is 49.2 Å². The van der Waals surface area contributed by atoms with E-state index in [2.05, 4.69) is 60.6 Å². The summed E-state index contributed by atoms with van der Waals surface area (Å²) in [4.78, 5) is 34.6. The molecule has 0 bridgehead atoms. The molecule has 0 radical (unpaired) electrons. The number of azo groups is 1. The quantitative estimate of drug-likeness (QED) is 0.0404. The normalized spacial score (nSPS) is 15.0. The number of carbonyl (C=O) groups is 1. The second-order valence-corrected chi connectivity index (χ2v) is 18.1. The highest BCUT2D eigenvalue weighted by molar-refractivity contribution is 7.91. The van der Waals surface area contributed by atoms with E-state index in [-0.39, 0.29) is 33.2 Å². The number of fused-ring (bicyclic) bond motifs is 1. The van der Waals surface area contributed by atoms with E-state index < -0.39 is 117 Å². The molecular weight excluding hydrogens is 954 g/mol. The molecule has 34 heteroatoms. The number of anilines is 2. The van der Waals surface area contributed by atoms with Gasteiger partial charge in [0.05, 0.1) is 28.3 Å². The molecule has 0 aliphatic heterocycles. The van der Waals surface area contributed by atoms with Crippen molar-refractivity contribution < 1.29 is 56.7 Å². The summed E-state index contributed by atoms with van der Waals surface area (Å²) in [6.07, 6.45) is 0.494. The Kier molecular flexibility index (Phi) is 11.8. The number of Topliss-reactive ketones (excluding diaryl/α,β-unsaturated/α-hetero) is 1. The van der Waals surface area contributed by atoms with Gasteiger partial charge in [-0.1, -0.05) is 0 Å². The Hall–Kier alpha value is -6.62. The molecule has 1 aliphatic rings. The molecule has 13 N–H and O–H groups in total. The molecule has 2 heterocycles. The van der Waals surface area contributed by atoms with E-state index in [4.69, 9.17) is 39.8 Å². The van der Waals surface area contributed by atoms with Crippen LogP contribution in [0.5, 0.6) is 0 Å². The third-order valence-corrected chi connectivity index (χ3v) is 11.6. The summed E-state index contributed by atoms with van der Waals surface area (Å²) >= 11 is 11.6. The highest BCUT2D eigenvalue weighted by atomic mass is 35.5. The van der Waals surface area contributed by atoms with Crippen molar-refractivity contribution in [3.8, 4) is 0 Å². The molecule has 0 saturated carbocycles. The summed E-state index contributed by atoms with van der Waals surface area (Å²) in [5.74, 6) is -1.52. The molecule has 0 spiro atoms. The summed E-state index contributed by atoms with van der Waals surface area (Å²) < 4.78 is 139. The fourth-order valence-corrected chi connectivity index (χ4v) is 8.15. The third kappa shape index (κ3) is 9.94. The van der Waals surface area contributed by atoms with Gasteiger partial charge in [-0.15, -0.1) is 10.2 Å². The van der Waals surface area contributed by atoms with E-state index in [0.717, 1.165) is 36.4 Å². The predicted octanol–water partition coefficient (Wildman–Crippen LogP) is 1.15. The number of hydrazone groups is 1. The molecule has 0 atom stereocenters. The average Bonchev–Trinajstić information content (AvgIpc) is 3.11. The minimum absolute atomic E-state index is 0.145. The minimum Gasteiger partial charge on any atom is -0.396 e. The van der Waals surface area contributed by atoms with E-state index in [1.54, 1.807) is 0 Å². The number of aromatic amines is 4. The highest BCUT2D eigenvalue weighted by Gasteiger charge is 2.37. The molecule has 62 heavy (non-hydrogen) atoms. The lowest BCUT2D eigenvalue weighted by Crippen LogP contribution is -2.28. The van der Waals surface area contributed by atoms with Crippen LogP contribution in [-0.4, -0.2) is 93.3 Å². The van der Waals surface area contributed by atoms with Gasteiger partial charge in [0.25, 0.3) is 40.5 Å². The van der Waals surface area contributed by atoms with E-state index in [0.29, 0.717) is 12.1 Å². The van der Waals surface area contributed by atoms with Crippen molar-refractivity contribution in [1.82, 2.24) is 29.9 Å². The predicted molar refractivity (Wildman–Crippen MR) is 210 cm³/mol. The number of hydrogen-bond acceptors (Lipinski definition) is 20. The van der Waals surface area contributed by atoms with Gasteiger partial charge in [-0.25, -0.2) is 9.98 Å². The fraction of sp³-hybridized carbons (Fsp3) is 0. The van der Waals surface area contributed by atoms with E-state index >= 15 is 0 Å². The maximum absolute atomic E-state index is 14.1. The molecule has 0 fully saturated rings. The molecule has 2 aromatic heterocycles. The van der Waals surface area contributed by atoms with Crippen LogP contribution in [0.1, 0.15) is 15.9 Å². The van der Waals surface area contributed by atoms with Crippen molar-refractivity contribution in [1.29, 1.82) is 10.8 Å². The Morgan fingerprint density at radius 3 is 1.69 bits per heavy atom. The lowest BCUT2D eigenvalue weighted by molar-refractivity contribution is 0.106. The van der Waals surface area contributed by atoms with Crippen molar-refractivity contribution >= 4 is 115 Å². The molecule has 3 aromatic carbocycles. The van der Waals surface area contributed by atoms with Crippen molar-refractivity contribution in [2.24, 2.45) is 25.3 Å². The number of ketones is 1. The van der Waals surface area contributed by atoms with Crippen LogP contribution in [-0.2, 0) is 40.5 Å². The lowest BCUT2D eigenvalue weighted by atomic mass is 9.92. The minimum atomic E-state index is -5.49. The number of nitrogens with one attached hydrogen (secondary N) is 7. The maximum Gasteiger partial charge on any atom is 0.296 e. The number of hydrogen-bond donors (Lipinski definition) is 12. The number of allylic oxidation sites excluding steroid dienone is 1. The number of nitrogen functional groups attached to an aromatic ring is 1. The lowest BCUT2D eigenvalue weighted by Gasteiger charge is -2.20. The van der Waals surface area contributed by atoms with E-state index in [1.165, 1.54) is 0 Å². The first-order chi connectivity index (χ1) is 28.7. The summed E-state index contributed by atoms with van der Waals surface area (Å²) in [5, 5.41) is 25.7. The Morgan fingerprint density at radius 1 is 0.677 bits per heavy atom. The van der Waals surface area contributed by atoms with Crippen molar-refractivity contribution in [3.05, 3.63) is 91.5 Å². The van der Waals surface area contributed by atoms with Gasteiger partial charge < -0.3 is 15.7 Å². The van der Waals surface area contributed by atoms with Gasteiger partial charge in [0.15, 0.2) is 5.71 Å². The van der Waals surface area contributed by atoms with Crippen LogP contribution in [0, 0.1) is 10.8 Å². The summed E-state index contributed by atoms with van der Waals surface area (Å²) in [7, 11) is -21.2. The number of nitrogens with zero attached hydrogens (tertiary/aromatic N) is 7. The second kappa shape index (κ2) is 16.3. The van der Waals surface area contributed by atoms with Crippen LogP contribution < -0.4 is 33.6 Å².